The molecule has 7 nitrogen and oxygen atoms in total. The van der Waals surface area contributed by atoms with Gasteiger partial charge in [-0.1, -0.05) is 23.9 Å². The predicted octanol–water partition coefficient (Wildman–Crippen LogP) is 1.23. The third-order valence-electron chi connectivity index (χ3n) is 2.51. The van der Waals surface area contributed by atoms with Crippen LogP contribution in [0.25, 0.3) is 0 Å². The van der Waals surface area contributed by atoms with Gasteiger partial charge in [-0.2, -0.15) is 0 Å². The molecule has 110 valence electrons. The molecule has 0 unspecified atom stereocenters. The van der Waals surface area contributed by atoms with Gasteiger partial charge in [-0.15, -0.1) is 0 Å². The Morgan fingerprint density at radius 1 is 1.20 bits per heavy atom. The highest BCUT2D eigenvalue weighted by atomic mass is 32.2. The van der Waals surface area contributed by atoms with Crippen molar-refractivity contribution in [3.8, 4) is 0 Å². The number of rotatable bonds is 7. The summed E-state index contributed by atoms with van der Waals surface area (Å²) in [6, 6.07) is 5.97. The normalized spacial score (nSPS) is 10.3. The molecule has 0 heterocycles. The Kier molecular flexibility index (Phi) is 6.99. The van der Waals surface area contributed by atoms with Crippen molar-refractivity contribution in [1.29, 1.82) is 0 Å². The van der Waals surface area contributed by atoms with Crippen LogP contribution in [0.1, 0.15) is 5.56 Å². The lowest BCUT2D eigenvalue weighted by Crippen LogP contribution is -2.33. The van der Waals surface area contributed by atoms with E-state index in [0.717, 1.165) is 17.3 Å². The van der Waals surface area contributed by atoms with Gasteiger partial charge < -0.3 is 15.1 Å². The first-order valence-corrected chi connectivity index (χ1v) is 6.93. The molecule has 8 heteroatoms. The minimum atomic E-state index is -0.480. The Balaban J connectivity index is 2.52. The number of hydrogen-bond acceptors (Lipinski definition) is 6. The van der Waals surface area contributed by atoms with Crippen molar-refractivity contribution in [3.05, 3.63) is 39.9 Å². The quantitative estimate of drug-likeness (QED) is 0.580. The van der Waals surface area contributed by atoms with Crippen molar-refractivity contribution in [3.63, 3.8) is 0 Å². The fourth-order valence-electron chi connectivity index (χ4n) is 1.49. The molecule has 0 aromatic heterocycles. The minimum absolute atomic E-state index is 0.00673. The molecule has 0 spiro atoms. The monoisotopic (exact) mass is 300 g/mol. The van der Waals surface area contributed by atoms with Crippen molar-refractivity contribution in [2.24, 2.45) is 0 Å². The van der Waals surface area contributed by atoms with E-state index >= 15 is 0 Å². The first-order chi connectivity index (χ1) is 9.58. The molecule has 1 amide bonds. The lowest BCUT2D eigenvalue weighted by molar-refractivity contribution is -0.384. The Hall–Kier alpha value is -1.64. The zero-order valence-corrected chi connectivity index (χ0v) is 11.6. The molecule has 1 aromatic carbocycles. The van der Waals surface area contributed by atoms with Crippen molar-refractivity contribution in [2.75, 3.05) is 26.3 Å². The van der Waals surface area contributed by atoms with E-state index in [2.05, 4.69) is 0 Å². The third-order valence-corrected chi connectivity index (χ3v) is 3.49. The fourth-order valence-corrected chi connectivity index (χ4v) is 2.33. The SMILES string of the molecule is O=C(SCc1ccc([N+](=O)[O-])cc1)N(CCO)CCO. The lowest BCUT2D eigenvalue weighted by Gasteiger charge is -2.19. The van der Waals surface area contributed by atoms with Crippen LogP contribution in [-0.2, 0) is 5.75 Å². The first-order valence-electron chi connectivity index (χ1n) is 5.95. The summed E-state index contributed by atoms with van der Waals surface area (Å²) in [6.07, 6.45) is 0. The number of carbonyl (C=O) groups is 1. The maximum atomic E-state index is 11.8. The summed E-state index contributed by atoms with van der Waals surface area (Å²) in [5, 5.41) is 27.9. The van der Waals surface area contributed by atoms with Crippen molar-refractivity contribution in [2.45, 2.75) is 5.75 Å². The molecule has 0 aliphatic heterocycles. The van der Waals surface area contributed by atoms with Gasteiger partial charge >= 0.3 is 0 Å². The van der Waals surface area contributed by atoms with E-state index in [-0.39, 0.29) is 37.2 Å². The molecule has 0 fully saturated rings. The zero-order valence-electron chi connectivity index (χ0n) is 10.8. The van der Waals surface area contributed by atoms with Gasteiger partial charge in [0, 0.05) is 31.0 Å². The summed E-state index contributed by atoms with van der Waals surface area (Å²) >= 11 is 1.03. The first kappa shape index (κ1) is 16.4. The predicted molar refractivity (Wildman–Crippen MR) is 75.5 cm³/mol. The third kappa shape index (κ3) is 5.16. The van der Waals surface area contributed by atoms with Crippen LogP contribution in [0, 0.1) is 10.1 Å². The molecule has 2 N–H and O–H groups in total. The summed E-state index contributed by atoms with van der Waals surface area (Å²) in [6.45, 7) is 0.0208. The molecule has 0 aliphatic rings. The van der Waals surface area contributed by atoms with Gasteiger partial charge in [0.05, 0.1) is 18.1 Å². The van der Waals surface area contributed by atoms with Crippen molar-refractivity contribution < 1.29 is 19.9 Å². The highest BCUT2D eigenvalue weighted by molar-refractivity contribution is 8.12. The summed E-state index contributed by atoms with van der Waals surface area (Å²) in [4.78, 5) is 23.2. The number of nitro groups is 1. The molecule has 0 radical (unpaired) electrons. The van der Waals surface area contributed by atoms with E-state index in [0.29, 0.717) is 5.75 Å². The molecule has 0 saturated heterocycles. The summed E-state index contributed by atoms with van der Waals surface area (Å²) < 4.78 is 0. The summed E-state index contributed by atoms with van der Waals surface area (Å²) in [7, 11) is 0. The summed E-state index contributed by atoms with van der Waals surface area (Å²) in [5.74, 6) is 0.379. The van der Waals surface area contributed by atoms with E-state index in [1.807, 2.05) is 0 Å². The van der Waals surface area contributed by atoms with Crippen LogP contribution >= 0.6 is 11.8 Å². The van der Waals surface area contributed by atoms with Gasteiger partial charge in [-0.05, 0) is 5.56 Å². The highest BCUT2D eigenvalue weighted by Gasteiger charge is 2.13. The standard InChI is InChI=1S/C12H16N2O5S/c15-7-5-13(6-8-16)12(17)20-9-10-1-3-11(4-2-10)14(18)19/h1-4,15-16H,5-9H2. The van der Waals surface area contributed by atoms with Crippen LogP contribution in [0.3, 0.4) is 0 Å². The van der Waals surface area contributed by atoms with Crippen LogP contribution in [0.5, 0.6) is 0 Å². The second kappa shape index (κ2) is 8.51. The number of carbonyl (C=O) groups excluding carboxylic acids is 1. The van der Waals surface area contributed by atoms with Crippen LogP contribution in [0.4, 0.5) is 10.5 Å². The van der Waals surface area contributed by atoms with Gasteiger partial charge in [0.25, 0.3) is 10.9 Å². The average molecular weight is 300 g/mol. The van der Waals surface area contributed by atoms with Crippen LogP contribution in [0.2, 0.25) is 0 Å². The van der Waals surface area contributed by atoms with Crippen LogP contribution in [-0.4, -0.2) is 51.6 Å². The van der Waals surface area contributed by atoms with Crippen LogP contribution in [0.15, 0.2) is 24.3 Å². The molecule has 0 bridgehead atoms. The molecular formula is C12H16N2O5S. The molecule has 1 aromatic rings. The minimum Gasteiger partial charge on any atom is -0.395 e. The average Bonchev–Trinajstić information content (AvgIpc) is 2.45. The molecule has 0 atom stereocenters. The number of thioether (sulfide) groups is 1. The number of aliphatic hydroxyl groups is 2. The van der Waals surface area contributed by atoms with E-state index in [9.17, 15) is 14.9 Å². The van der Waals surface area contributed by atoms with E-state index in [1.165, 1.54) is 17.0 Å². The molecule has 0 aliphatic carbocycles. The Morgan fingerprint density at radius 3 is 2.20 bits per heavy atom. The van der Waals surface area contributed by atoms with Crippen molar-refractivity contribution >= 4 is 22.7 Å². The van der Waals surface area contributed by atoms with Crippen molar-refractivity contribution in [1.82, 2.24) is 4.90 Å². The maximum Gasteiger partial charge on any atom is 0.282 e. The zero-order chi connectivity index (χ0) is 15.0. The van der Waals surface area contributed by atoms with E-state index in [4.69, 9.17) is 10.2 Å². The molecule has 20 heavy (non-hydrogen) atoms. The van der Waals surface area contributed by atoms with Crippen LogP contribution < -0.4 is 0 Å². The Morgan fingerprint density at radius 2 is 1.75 bits per heavy atom. The second-order valence-electron chi connectivity index (χ2n) is 3.91. The molecule has 0 saturated carbocycles. The Bertz CT molecular complexity index is 446. The highest BCUT2D eigenvalue weighted by Crippen LogP contribution is 2.19. The number of non-ortho nitro benzene ring substituents is 1. The van der Waals surface area contributed by atoms with Gasteiger partial charge in [0.2, 0.25) is 0 Å². The Labute approximate surface area is 120 Å². The van der Waals surface area contributed by atoms with Gasteiger partial charge in [0.1, 0.15) is 0 Å². The number of nitro benzene ring substituents is 1. The number of nitrogens with zero attached hydrogens (tertiary/aromatic N) is 2. The number of benzene rings is 1. The fraction of sp³-hybridized carbons (Fsp3) is 0.417. The molecular weight excluding hydrogens is 284 g/mol. The second-order valence-corrected chi connectivity index (χ2v) is 4.84. The largest absolute Gasteiger partial charge is 0.395 e. The number of hydrogen-bond donors (Lipinski definition) is 2. The number of aliphatic hydroxyl groups excluding tert-OH is 2. The number of amides is 1. The summed E-state index contributed by atoms with van der Waals surface area (Å²) in [5.41, 5.74) is 0.800. The van der Waals surface area contributed by atoms with Gasteiger partial charge in [0.15, 0.2) is 0 Å². The van der Waals surface area contributed by atoms with Gasteiger partial charge in [-0.3, -0.25) is 14.9 Å². The lowest BCUT2D eigenvalue weighted by atomic mass is 10.2. The van der Waals surface area contributed by atoms with Gasteiger partial charge in [-0.25, -0.2) is 0 Å². The topological polar surface area (TPSA) is 104 Å². The molecule has 1 rings (SSSR count). The smallest absolute Gasteiger partial charge is 0.282 e. The van der Waals surface area contributed by atoms with E-state index < -0.39 is 4.92 Å². The maximum absolute atomic E-state index is 11.8. The van der Waals surface area contributed by atoms with E-state index in [1.54, 1.807) is 12.1 Å².